The molecule has 0 aliphatic carbocycles. The largest absolute Gasteiger partial charge is 0.300 e. The third-order valence-electron chi connectivity index (χ3n) is 0.498. The number of hydrogen-bond acceptors (Lipinski definition) is 1. The maximum Gasteiger partial charge on any atom is 0.129 e. The van der Waals surface area contributed by atoms with Gasteiger partial charge in [-0.05, 0) is 6.92 Å². The zero-order valence-electron chi connectivity index (χ0n) is 5.62. The van der Waals surface area contributed by atoms with Crippen molar-refractivity contribution in [1.29, 1.82) is 0 Å². The van der Waals surface area contributed by atoms with Gasteiger partial charge in [-0.2, -0.15) is 0 Å². The fraction of sp³-hybridized carbons (Fsp3) is 0.875. The van der Waals surface area contributed by atoms with E-state index >= 15 is 0 Å². The molecule has 0 aliphatic rings. The normalized spacial score (nSPS) is 4.89. The molecule has 0 spiro atoms. The van der Waals surface area contributed by atoms with Crippen LogP contribution in [0.5, 0.6) is 0 Å². The lowest BCUT2D eigenvalue weighted by atomic mass is 10.4. The summed E-state index contributed by atoms with van der Waals surface area (Å²) in [5.41, 5.74) is 0. The molecular formula is C8H22O. The van der Waals surface area contributed by atoms with Crippen molar-refractivity contribution in [2.45, 2.75) is 49.0 Å². The number of hydrogen-bond donors (Lipinski definition) is 0. The second-order valence-corrected chi connectivity index (χ2v) is 1.06. The van der Waals surface area contributed by atoms with Crippen LogP contribution in [0.25, 0.3) is 0 Å². The van der Waals surface area contributed by atoms with Crippen LogP contribution in [0.1, 0.15) is 49.0 Å². The standard InChI is InChI=1S/C4H8O.C2H6.2CH4/c1-3-4(2)5;1-2;;/h3H2,1-2H3;1-2H3;2*1H4. The van der Waals surface area contributed by atoms with Crippen LogP contribution in [0.15, 0.2) is 0 Å². The molecule has 0 aromatic rings. The highest BCUT2D eigenvalue weighted by Crippen LogP contribution is 1.71. The number of carbonyl (C=O) groups is 1. The molecule has 0 fully saturated rings. The molecule has 0 aromatic heterocycles. The average Bonchev–Trinajstić information content (AvgIpc) is 1.73. The Morgan fingerprint density at radius 2 is 1.33 bits per heavy atom. The smallest absolute Gasteiger partial charge is 0.129 e. The monoisotopic (exact) mass is 134 g/mol. The van der Waals surface area contributed by atoms with Crippen LogP contribution in [-0.2, 0) is 4.79 Å². The summed E-state index contributed by atoms with van der Waals surface area (Å²) in [6.07, 6.45) is 0.667. The Bertz CT molecular complexity index is 39.8. The lowest BCUT2D eigenvalue weighted by Gasteiger charge is -1.71. The van der Waals surface area contributed by atoms with Gasteiger partial charge in [0.25, 0.3) is 0 Å². The highest BCUT2D eigenvalue weighted by Gasteiger charge is 1.76. The molecule has 0 rings (SSSR count). The number of rotatable bonds is 1. The van der Waals surface area contributed by atoms with Crippen LogP contribution in [0, 0.1) is 0 Å². The predicted molar refractivity (Wildman–Crippen MR) is 45.8 cm³/mol. The summed E-state index contributed by atoms with van der Waals surface area (Å²) in [4.78, 5) is 9.81. The molecule has 60 valence electrons. The van der Waals surface area contributed by atoms with Gasteiger partial charge >= 0.3 is 0 Å². The van der Waals surface area contributed by atoms with E-state index in [9.17, 15) is 4.79 Å². The first-order valence-corrected chi connectivity index (χ1v) is 2.76. The van der Waals surface area contributed by atoms with Crippen molar-refractivity contribution in [3.05, 3.63) is 0 Å². The molecule has 0 aliphatic heterocycles. The molecule has 0 unspecified atom stereocenters. The molecule has 0 heterocycles. The highest BCUT2D eigenvalue weighted by atomic mass is 16.1. The van der Waals surface area contributed by atoms with E-state index in [2.05, 4.69) is 0 Å². The molecule has 9 heavy (non-hydrogen) atoms. The van der Waals surface area contributed by atoms with Crippen molar-refractivity contribution in [2.75, 3.05) is 0 Å². The van der Waals surface area contributed by atoms with Gasteiger partial charge < -0.3 is 4.79 Å². The summed E-state index contributed by atoms with van der Waals surface area (Å²) in [5.74, 6) is 0.255. The van der Waals surface area contributed by atoms with Crippen LogP contribution in [0.3, 0.4) is 0 Å². The minimum atomic E-state index is 0. The SMILES string of the molecule is C.C.CC.CCC(C)=O. The third-order valence-corrected chi connectivity index (χ3v) is 0.498. The van der Waals surface area contributed by atoms with E-state index < -0.39 is 0 Å². The third kappa shape index (κ3) is 88.4. The average molecular weight is 134 g/mol. The van der Waals surface area contributed by atoms with Crippen molar-refractivity contribution in [2.24, 2.45) is 0 Å². The fourth-order valence-corrected chi connectivity index (χ4v) is 0. The Kier molecular flexibility index (Phi) is 65.8. The van der Waals surface area contributed by atoms with Crippen LogP contribution < -0.4 is 0 Å². The molecule has 0 amide bonds. The molecule has 1 nitrogen and oxygen atoms in total. The van der Waals surface area contributed by atoms with Gasteiger partial charge in [0.05, 0.1) is 0 Å². The van der Waals surface area contributed by atoms with E-state index in [4.69, 9.17) is 0 Å². The Morgan fingerprint density at radius 1 is 1.22 bits per heavy atom. The molecule has 0 aromatic carbocycles. The quantitative estimate of drug-likeness (QED) is 0.538. The van der Waals surface area contributed by atoms with Crippen LogP contribution in [-0.4, -0.2) is 5.78 Å². The fourth-order valence-electron chi connectivity index (χ4n) is 0. The van der Waals surface area contributed by atoms with Crippen molar-refractivity contribution in [3.8, 4) is 0 Å². The minimum Gasteiger partial charge on any atom is -0.300 e. The lowest BCUT2D eigenvalue weighted by Crippen LogP contribution is -1.80. The topological polar surface area (TPSA) is 17.1 Å². The first-order valence-electron chi connectivity index (χ1n) is 2.76. The van der Waals surface area contributed by atoms with Crippen LogP contribution in [0.4, 0.5) is 0 Å². The molecule has 0 saturated carbocycles. The van der Waals surface area contributed by atoms with Gasteiger partial charge in [0, 0.05) is 6.42 Å². The minimum absolute atomic E-state index is 0. The van der Waals surface area contributed by atoms with Crippen molar-refractivity contribution in [3.63, 3.8) is 0 Å². The first-order chi connectivity index (χ1) is 3.27. The first kappa shape index (κ1) is 23.4. The maximum atomic E-state index is 9.81. The van der Waals surface area contributed by atoms with Gasteiger partial charge in [0.15, 0.2) is 0 Å². The van der Waals surface area contributed by atoms with Gasteiger partial charge in [-0.1, -0.05) is 35.6 Å². The summed E-state index contributed by atoms with van der Waals surface area (Å²) in [7, 11) is 0. The zero-order valence-corrected chi connectivity index (χ0v) is 5.62. The molecule has 0 N–H and O–H groups in total. The summed E-state index contributed by atoms with van der Waals surface area (Å²) in [6.45, 7) is 7.43. The molecular weight excluding hydrogens is 112 g/mol. The number of carbonyl (C=O) groups excluding carboxylic acids is 1. The molecule has 0 atom stereocenters. The van der Waals surface area contributed by atoms with E-state index in [1.807, 2.05) is 20.8 Å². The van der Waals surface area contributed by atoms with E-state index in [-0.39, 0.29) is 20.6 Å². The second kappa shape index (κ2) is 25.3. The second-order valence-electron chi connectivity index (χ2n) is 1.06. The van der Waals surface area contributed by atoms with Gasteiger partial charge in [0.2, 0.25) is 0 Å². The summed E-state index contributed by atoms with van der Waals surface area (Å²) < 4.78 is 0. The van der Waals surface area contributed by atoms with E-state index in [0.29, 0.717) is 6.42 Å². The van der Waals surface area contributed by atoms with Gasteiger partial charge in [0.1, 0.15) is 5.78 Å². The molecule has 0 saturated heterocycles. The van der Waals surface area contributed by atoms with Gasteiger partial charge in [-0.3, -0.25) is 0 Å². The zero-order chi connectivity index (χ0) is 6.28. The lowest BCUT2D eigenvalue weighted by molar-refractivity contribution is -0.116. The van der Waals surface area contributed by atoms with E-state index in [0.717, 1.165) is 0 Å². The molecule has 0 radical (unpaired) electrons. The van der Waals surface area contributed by atoms with Gasteiger partial charge in [-0.25, -0.2) is 0 Å². The van der Waals surface area contributed by atoms with E-state index in [1.54, 1.807) is 6.92 Å². The Hall–Kier alpha value is -0.330. The van der Waals surface area contributed by atoms with E-state index in [1.165, 1.54) is 0 Å². The van der Waals surface area contributed by atoms with Crippen molar-refractivity contribution >= 4 is 5.78 Å². The van der Waals surface area contributed by atoms with Gasteiger partial charge in [-0.15, -0.1) is 0 Å². The van der Waals surface area contributed by atoms with Crippen LogP contribution in [0.2, 0.25) is 0 Å². The Morgan fingerprint density at radius 3 is 1.33 bits per heavy atom. The Balaban J connectivity index is -0.0000000286. The predicted octanol–water partition coefficient (Wildman–Crippen LogP) is 3.28. The number of ketones is 1. The Labute approximate surface area is 60.5 Å². The maximum absolute atomic E-state index is 9.81. The van der Waals surface area contributed by atoms with Crippen molar-refractivity contribution < 1.29 is 4.79 Å². The van der Waals surface area contributed by atoms with Crippen LogP contribution >= 0.6 is 0 Å². The summed E-state index contributed by atoms with van der Waals surface area (Å²) >= 11 is 0. The summed E-state index contributed by atoms with van der Waals surface area (Å²) in [5, 5.41) is 0. The molecule has 1 heteroatoms. The molecule has 0 bridgehead atoms. The highest BCUT2D eigenvalue weighted by molar-refractivity contribution is 5.74. The van der Waals surface area contributed by atoms with Crippen molar-refractivity contribution in [1.82, 2.24) is 0 Å². The summed E-state index contributed by atoms with van der Waals surface area (Å²) in [6, 6.07) is 0. The number of Topliss-reactive ketones (excluding diaryl/α,β-unsaturated/α-hetero) is 1.